The maximum atomic E-state index is 12.8. The normalized spacial score (nSPS) is 20.2. The number of oxime groups is 1. The number of nitrogen functional groups attached to an aromatic ring is 1. The van der Waals surface area contributed by atoms with Crippen LogP contribution in [0.25, 0.3) is 0 Å². The van der Waals surface area contributed by atoms with Gasteiger partial charge in [0.2, 0.25) is 0 Å². The number of aromatic nitrogens is 2. The summed E-state index contributed by atoms with van der Waals surface area (Å²) < 4.78 is 5.53. The van der Waals surface area contributed by atoms with Crippen molar-refractivity contribution in [2.24, 2.45) is 5.16 Å². The molecular formula is C20H18N6O6S2. The number of aliphatic carboxylic acids is 1. The number of nitrogens with zero attached hydrogens (tertiary/aromatic N) is 4. The highest BCUT2D eigenvalue weighted by molar-refractivity contribution is 8.00. The van der Waals surface area contributed by atoms with Gasteiger partial charge in [0, 0.05) is 23.5 Å². The van der Waals surface area contributed by atoms with Gasteiger partial charge in [-0.15, -0.1) is 23.1 Å². The summed E-state index contributed by atoms with van der Waals surface area (Å²) in [6.45, 7) is 0.200. The van der Waals surface area contributed by atoms with E-state index in [2.05, 4.69) is 20.4 Å². The van der Waals surface area contributed by atoms with E-state index in [4.69, 9.17) is 10.5 Å². The quantitative estimate of drug-likeness (QED) is 0.173. The van der Waals surface area contributed by atoms with E-state index in [0.717, 1.165) is 16.2 Å². The van der Waals surface area contributed by atoms with Crippen LogP contribution in [0.4, 0.5) is 5.13 Å². The van der Waals surface area contributed by atoms with Crippen LogP contribution in [0.15, 0.2) is 58.5 Å². The first kappa shape index (κ1) is 23.3. The highest BCUT2D eigenvalue weighted by Gasteiger charge is 2.54. The molecule has 2 amide bonds. The highest BCUT2D eigenvalue weighted by atomic mass is 32.2. The van der Waals surface area contributed by atoms with E-state index in [1.165, 1.54) is 17.1 Å². The monoisotopic (exact) mass is 502 g/mol. The Balaban J connectivity index is 1.44. The molecule has 0 saturated carbocycles. The molecule has 2 aromatic heterocycles. The molecule has 0 bridgehead atoms. The molecule has 0 spiro atoms. The number of rotatable bonds is 8. The zero-order chi connectivity index (χ0) is 24.2. The third-order valence-corrected chi connectivity index (χ3v) is 6.86. The molecule has 0 aromatic carbocycles. The third-order valence-electron chi connectivity index (χ3n) is 4.88. The number of thioether (sulfide) groups is 1. The summed E-state index contributed by atoms with van der Waals surface area (Å²) in [6.07, 6.45) is 6.45. The van der Waals surface area contributed by atoms with Crippen molar-refractivity contribution in [1.82, 2.24) is 20.2 Å². The third kappa shape index (κ3) is 4.58. The van der Waals surface area contributed by atoms with Gasteiger partial charge in [0.05, 0.1) is 0 Å². The van der Waals surface area contributed by atoms with Crippen molar-refractivity contribution < 1.29 is 29.4 Å². The highest BCUT2D eigenvalue weighted by Crippen LogP contribution is 2.40. The first-order chi connectivity index (χ1) is 16.4. The lowest BCUT2D eigenvalue weighted by molar-refractivity contribution is -0.150. The van der Waals surface area contributed by atoms with Gasteiger partial charge in [0.15, 0.2) is 10.8 Å². The lowest BCUT2D eigenvalue weighted by Crippen LogP contribution is -2.71. The number of carboxylic acids is 1. The van der Waals surface area contributed by atoms with Gasteiger partial charge >= 0.3 is 5.97 Å². The number of ether oxygens (including phenoxy) is 1. The standard InChI is InChI=1S/C20H18N6O6S2/c21-20-23-12(9-34-20)13(25-31)16(27)24-14-17(28)26-15(19(29)30)10(8-33-18(14)26)2-1-7-32-11-3-5-22-6-4-11/h1-6,9,14,18,31H,7-8H2,(H2,21,23)(H,24,27)(H,29,30)/b2-1-,25-13?/t14-,18-/m1/s1. The zero-order valence-corrected chi connectivity index (χ0v) is 19.0. The first-order valence-electron chi connectivity index (χ1n) is 9.75. The van der Waals surface area contributed by atoms with E-state index < -0.39 is 34.9 Å². The maximum Gasteiger partial charge on any atom is 0.352 e. The SMILES string of the molecule is Nc1nc(C(=NO)C(=O)N[C@@H]2C(=O)N3C(C(=O)O)=C(/C=C\COc4ccncc4)CS[C@H]23)cs1. The Labute approximate surface area is 200 Å². The molecule has 0 aliphatic carbocycles. The molecule has 1 saturated heterocycles. The van der Waals surface area contributed by atoms with E-state index >= 15 is 0 Å². The molecule has 2 aliphatic rings. The molecule has 34 heavy (non-hydrogen) atoms. The molecule has 4 rings (SSSR count). The van der Waals surface area contributed by atoms with Gasteiger partial charge in [-0.05, 0) is 23.8 Å². The fourth-order valence-corrected chi connectivity index (χ4v) is 5.23. The number of hydrogen-bond donors (Lipinski definition) is 4. The number of thiazole rings is 1. The van der Waals surface area contributed by atoms with Gasteiger partial charge in [-0.1, -0.05) is 11.2 Å². The minimum absolute atomic E-state index is 0.0648. The number of amides is 2. The van der Waals surface area contributed by atoms with Crippen molar-refractivity contribution in [2.75, 3.05) is 18.1 Å². The second kappa shape index (κ2) is 9.93. The van der Waals surface area contributed by atoms with Crippen LogP contribution in [0.3, 0.4) is 0 Å². The summed E-state index contributed by atoms with van der Waals surface area (Å²) in [6, 6.07) is 2.40. The van der Waals surface area contributed by atoms with Crippen molar-refractivity contribution in [3.8, 4) is 5.75 Å². The molecule has 12 nitrogen and oxygen atoms in total. The summed E-state index contributed by atoms with van der Waals surface area (Å²) in [5.74, 6) is -1.75. The number of carboxylic acid groups (broad SMARTS) is 1. The van der Waals surface area contributed by atoms with Gasteiger partial charge in [0.1, 0.15) is 35.2 Å². The van der Waals surface area contributed by atoms with E-state index in [-0.39, 0.29) is 23.1 Å². The van der Waals surface area contributed by atoms with Gasteiger partial charge < -0.3 is 26.1 Å². The summed E-state index contributed by atoms with van der Waals surface area (Å²) >= 11 is 2.36. The van der Waals surface area contributed by atoms with Crippen LogP contribution in [0.2, 0.25) is 0 Å². The van der Waals surface area contributed by atoms with Gasteiger partial charge in [-0.25, -0.2) is 9.78 Å². The van der Waals surface area contributed by atoms with Crippen LogP contribution in [0.5, 0.6) is 5.75 Å². The van der Waals surface area contributed by atoms with Crippen LogP contribution in [-0.2, 0) is 14.4 Å². The number of anilines is 1. The first-order valence-corrected chi connectivity index (χ1v) is 11.7. The minimum Gasteiger partial charge on any atom is -0.489 e. The lowest BCUT2D eigenvalue weighted by atomic mass is 10.0. The molecule has 2 aromatic rings. The average Bonchev–Trinajstić information content (AvgIpc) is 3.26. The summed E-state index contributed by atoms with van der Waals surface area (Å²) in [4.78, 5) is 46.2. The van der Waals surface area contributed by atoms with Crippen LogP contribution in [0, 0.1) is 0 Å². The smallest absolute Gasteiger partial charge is 0.352 e. The molecule has 14 heteroatoms. The Morgan fingerprint density at radius 2 is 2.15 bits per heavy atom. The van der Waals surface area contributed by atoms with Crippen molar-refractivity contribution in [2.45, 2.75) is 11.4 Å². The average molecular weight is 503 g/mol. The van der Waals surface area contributed by atoms with Gasteiger partial charge in [-0.2, -0.15) is 0 Å². The number of β-lactam (4-membered cyclic amide) rings is 1. The lowest BCUT2D eigenvalue weighted by Gasteiger charge is -2.49. The predicted molar refractivity (Wildman–Crippen MR) is 123 cm³/mol. The van der Waals surface area contributed by atoms with Crippen molar-refractivity contribution >= 4 is 51.7 Å². The van der Waals surface area contributed by atoms with Gasteiger partial charge in [0.25, 0.3) is 11.8 Å². The van der Waals surface area contributed by atoms with E-state index in [9.17, 15) is 24.7 Å². The summed E-state index contributed by atoms with van der Waals surface area (Å²) in [5.41, 5.74) is 5.51. The van der Waals surface area contributed by atoms with E-state index in [1.54, 1.807) is 36.7 Å². The van der Waals surface area contributed by atoms with Crippen molar-refractivity contribution in [3.63, 3.8) is 0 Å². The Morgan fingerprint density at radius 3 is 2.79 bits per heavy atom. The Morgan fingerprint density at radius 1 is 1.38 bits per heavy atom. The second-order valence-electron chi connectivity index (χ2n) is 6.96. The Kier molecular flexibility index (Phi) is 6.79. The summed E-state index contributed by atoms with van der Waals surface area (Å²) in [5, 5.41) is 25.4. The summed E-state index contributed by atoms with van der Waals surface area (Å²) in [7, 11) is 0. The van der Waals surface area contributed by atoms with Crippen molar-refractivity contribution in [3.05, 3.63) is 59.0 Å². The molecule has 4 heterocycles. The molecule has 5 N–H and O–H groups in total. The maximum absolute atomic E-state index is 12.8. The number of carbonyl (C=O) groups excluding carboxylic acids is 2. The van der Waals surface area contributed by atoms with Crippen LogP contribution in [0.1, 0.15) is 5.69 Å². The Bertz CT molecular complexity index is 1210. The fraction of sp³-hybridized carbons (Fsp3) is 0.200. The fourth-order valence-electron chi connectivity index (χ4n) is 3.36. The number of nitrogens with one attached hydrogen (secondary N) is 1. The predicted octanol–water partition coefficient (Wildman–Crippen LogP) is 0.672. The largest absolute Gasteiger partial charge is 0.489 e. The van der Waals surface area contributed by atoms with Crippen LogP contribution >= 0.6 is 23.1 Å². The number of fused-ring (bicyclic) bond motifs is 1. The topological polar surface area (TPSA) is 180 Å². The molecular weight excluding hydrogens is 484 g/mol. The van der Waals surface area contributed by atoms with Gasteiger partial charge in [-0.3, -0.25) is 19.5 Å². The number of carbonyl (C=O) groups is 3. The van der Waals surface area contributed by atoms with Crippen LogP contribution < -0.4 is 15.8 Å². The van der Waals surface area contributed by atoms with E-state index in [1.807, 2.05) is 0 Å². The van der Waals surface area contributed by atoms with Crippen LogP contribution in [-0.4, -0.2) is 72.5 Å². The second-order valence-corrected chi connectivity index (χ2v) is 8.95. The number of allylic oxidation sites excluding steroid dienone is 1. The molecule has 176 valence electrons. The molecule has 0 unspecified atom stereocenters. The molecule has 1 fully saturated rings. The number of hydrogen-bond acceptors (Lipinski definition) is 11. The minimum atomic E-state index is -1.26. The number of nitrogens with two attached hydrogens (primary N) is 1. The molecule has 2 atom stereocenters. The number of pyridine rings is 1. The van der Waals surface area contributed by atoms with E-state index in [0.29, 0.717) is 17.1 Å². The van der Waals surface area contributed by atoms with Crippen molar-refractivity contribution in [1.29, 1.82) is 0 Å². The molecule has 2 aliphatic heterocycles. The molecule has 0 radical (unpaired) electrons. The zero-order valence-electron chi connectivity index (χ0n) is 17.3. The Hall–Kier alpha value is -3.91.